The van der Waals surface area contributed by atoms with Crippen molar-refractivity contribution in [2.75, 3.05) is 0 Å². The van der Waals surface area contributed by atoms with Crippen molar-refractivity contribution in [2.45, 2.75) is 24.0 Å². The molecule has 1 aromatic carbocycles. The molecule has 1 aliphatic heterocycles. The molecule has 2 amide bonds. The Bertz CT molecular complexity index is 768. The number of benzene rings is 1. The van der Waals surface area contributed by atoms with E-state index in [-0.39, 0.29) is 4.31 Å². The van der Waals surface area contributed by atoms with Gasteiger partial charge >= 0.3 is 16.3 Å². The molecule has 9 nitrogen and oxygen atoms in total. The Balaban J connectivity index is 2.14. The number of ether oxygens (including phenoxy) is 1. The molecule has 0 aromatic heterocycles. The van der Waals surface area contributed by atoms with Crippen LogP contribution in [-0.4, -0.2) is 47.3 Å². The zero-order valence-corrected chi connectivity index (χ0v) is 14.7. The summed E-state index contributed by atoms with van der Waals surface area (Å²) in [6.45, 7) is 1.00. The molecular formula is C13H13BrN2O7S. The van der Waals surface area contributed by atoms with Crippen LogP contribution in [0.5, 0.6) is 0 Å². The van der Waals surface area contributed by atoms with E-state index in [0.717, 1.165) is 6.92 Å². The average Bonchev–Trinajstić information content (AvgIpc) is 2.50. The highest BCUT2D eigenvalue weighted by atomic mass is 79.9. The SMILES string of the molecule is CC(=O)O[C@H]1[C@H](NC(=O)C(Br)c2ccccc2)C(=O)N1S(=O)(=O)O. The van der Waals surface area contributed by atoms with Crippen LogP contribution in [0.25, 0.3) is 0 Å². The summed E-state index contributed by atoms with van der Waals surface area (Å²) >= 11 is 3.17. The summed E-state index contributed by atoms with van der Waals surface area (Å²) in [6, 6.07) is 7.13. The summed E-state index contributed by atoms with van der Waals surface area (Å²) in [4.78, 5) is 34.3. The first-order valence-electron chi connectivity index (χ1n) is 6.60. The summed E-state index contributed by atoms with van der Waals surface area (Å²) in [5, 5.41) is 2.29. The van der Waals surface area contributed by atoms with Crippen LogP contribution in [0.3, 0.4) is 0 Å². The van der Waals surface area contributed by atoms with E-state index in [2.05, 4.69) is 21.2 Å². The van der Waals surface area contributed by atoms with Gasteiger partial charge in [0, 0.05) is 6.92 Å². The summed E-state index contributed by atoms with van der Waals surface area (Å²) in [7, 11) is -4.91. The minimum Gasteiger partial charge on any atom is -0.438 e. The molecule has 0 saturated carbocycles. The molecule has 2 rings (SSSR count). The van der Waals surface area contributed by atoms with Crippen molar-refractivity contribution in [2.24, 2.45) is 0 Å². The summed E-state index contributed by atoms with van der Waals surface area (Å²) in [6.07, 6.45) is -1.63. The van der Waals surface area contributed by atoms with Crippen molar-refractivity contribution in [1.82, 2.24) is 9.62 Å². The van der Waals surface area contributed by atoms with E-state index >= 15 is 0 Å². The van der Waals surface area contributed by atoms with Gasteiger partial charge in [-0.1, -0.05) is 46.3 Å². The topological polar surface area (TPSA) is 130 Å². The Labute approximate surface area is 146 Å². The minimum atomic E-state index is -4.91. The third-order valence-corrected chi connectivity index (χ3v) is 4.98. The van der Waals surface area contributed by atoms with Gasteiger partial charge in [0.15, 0.2) is 6.04 Å². The number of hydrogen-bond acceptors (Lipinski definition) is 6. The van der Waals surface area contributed by atoms with E-state index in [9.17, 15) is 22.8 Å². The van der Waals surface area contributed by atoms with Crippen LogP contribution in [0.1, 0.15) is 17.3 Å². The second-order valence-corrected chi connectivity index (χ2v) is 7.08. The smallest absolute Gasteiger partial charge is 0.365 e. The van der Waals surface area contributed by atoms with Gasteiger partial charge in [-0.3, -0.25) is 18.9 Å². The van der Waals surface area contributed by atoms with Crippen molar-refractivity contribution < 1.29 is 32.1 Å². The summed E-state index contributed by atoms with van der Waals surface area (Å²) in [5.74, 6) is -2.62. The van der Waals surface area contributed by atoms with Gasteiger partial charge in [-0.05, 0) is 5.56 Å². The van der Waals surface area contributed by atoms with Gasteiger partial charge in [-0.25, -0.2) is 0 Å². The fraction of sp³-hybridized carbons (Fsp3) is 0.308. The Morgan fingerprint density at radius 3 is 2.42 bits per heavy atom. The van der Waals surface area contributed by atoms with Gasteiger partial charge < -0.3 is 10.1 Å². The lowest BCUT2D eigenvalue weighted by molar-refractivity contribution is -0.178. The largest absolute Gasteiger partial charge is 0.438 e. The zero-order valence-electron chi connectivity index (χ0n) is 12.2. The van der Waals surface area contributed by atoms with E-state index < -0.39 is 45.2 Å². The molecule has 0 bridgehead atoms. The second kappa shape index (κ2) is 6.87. The standard InChI is InChI=1S/C13H13BrN2O7S/c1-7(17)23-13-10(12(19)16(13)24(20,21)22)15-11(18)9(14)8-5-3-2-4-6-8/h2-6,9-10,13H,1H3,(H,15,18)(H,20,21,22)/t9?,10-,13+/m1/s1. The molecule has 1 aliphatic rings. The highest BCUT2D eigenvalue weighted by molar-refractivity contribution is 9.09. The predicted octanol–water partition coefficient (Wildman–Crippen LogP) is 0.142. The molecule has 24 heavy (non-hydrogen) atoms. The fourth-order valence-corrected chi connectivity index (χ4v) is 3.31. The van der Waals surface area contributed by atoms with Crippen molar-refractivity contribution in [3.8, 4) is 0 Å². The van der Waals surface area contributed by atoms with Crippen LogP contribution in [-0.2, 0) is 29.4 Å². The first-order valence-corrected chi connectivity index (χ1v) is 8.91. The average molecular weight is 421 g/mol. The number of nitrogens with zero attached hydrogens (tertiary/aromatic N) is 1. The molecule has 1 aromatic rings. The maximum absolute atomic E-state index is 12.2. The lowest BCUT2D eigenvalue weighted by Crippen LogP contribution is -2.73. The quantitative estimate of drug-likeness (QED) is 0.299. The lowest BCUT2D eigenvalue weighted by Gasteiger charge is -2.42. The highest BCUT2D eigenvalue weighted by Crippen LogP contribution is 2.27. The van der Waals surface area contributed by atoms with Crippen molar-refractivity contribution in [1.29, 1.82) is 0 Å². The molecule has 0 radical (unpaired) electrons. The number of β-lactam (4-membered cyclic amide) rings is 1. The third-order valence-electron chi connectivity index (χ3n) is 3.16. The first-order chi connectivity index (χ1) is 11.1. The number of rotatable bonds is 5. The Hall–Kier alpha value is -1.98. The van der Waals surface area contributed by atoms with E-state index in [1.54, 1.807) is 30.3 Å². The van der Waals surface area contributed by atoms with Crippen LogP contribution in [0.4, 0.5) is 0 Å². The Morgan fingerprint density at radius 1 is 1.33 bits per heavy atom. The number of hydrogen-bond donors (Lipinski definition) is 2. The molecule has 2 N–H and O–H groups in total. The molecule has 3 atom stereocenters. The molecule has 11 heteroatoms. The highest BCUT2D eigenvalue weighted by Gasteiger charge is 2.56. The number of amides is 2. The van der Waals surface area contributed by atoms with E-state index in [1.807, 2.05) is 0 Å². The van der Waals surface area contributed by atoms with E-state index in [0.29, 0.717) is 5.56 Å². The minimum absolute atomic E-state index is 0.00883. The number of alkyl halides is 1. The van der Waals surface area contributed by atoms with Gasteiger partial charge in [-0.15, -0.1) is 0 Å². The van der Waals surface area contributed by atoms with Gasteiger partial charge in [0.05, 0.1) is 0 Å². The molecule has 0 aliphatic carbocycles. The normalized spacial score (nSPS) is 21.6. The molecule has 1 heterocycles. The van der Waals surface area contributed by atoms with Crippen molar-refractivity contribution in [3.05, 3.63) is 35.9 Å². The van der Waals surface area contributed by atoms with Crippen LogP contribution in [0.2, 0.25) is 0 Å². The van der Waals surface area contributed by atoms with Crippen LogP contribution in [0.15, 0.2) is 30.3 Å². The molecule has 130 valence electrons. The van der Waals surface area contributed by atoms with Crippen molar-refractivity contribution >= 4 is 44.0 Å². The van der Waals surface area contributed by atoms with Crippen LogP contribution >= 0.6 is 15.9 Å². The second-order valence-electron chi connectivity index (χ2n) is 4.87. The van der Waals surface area contributed by atoms with Crippen LogP contribution < -0.4 is 5.32 Å². The lowest BCUT2D eigenvalue weighted by atomic mass is 10.1. The van der Waals surface area contributed by atoms with Crippen LogP contribution in [0, 0.1) is 0 Å². The van der Waals surface area contributed by atoms with E-state index in [4.69, 9.17) is 9.29 Å². The third kappa shape index (κ3) is 3.74. The van der Waals surface area contributed by atoms with Gasteiger partial charge in [0.1, 0.15) is 4.83 Å². The summed E-state index contributed by atoms with van der Waals surface area (Å²) in [5.41, 5.74) is 0.609. The summed E-state index contributed by atoms with van der Waals surface area (Å²) < 4.78 is 36.0. The number of nitrogens with one attached hydrogen (secondary N) is 1. The first kappa shape index (κ1) is 18.4. The van der Waals surface area contributed by atoms with Gasteiger partial charge in [0.2, 0.25) is 12.1 Å². The molecule has 1 saturated heterocycles. The number of carbonyl (C=O) groups is 3. The van der Waals surface area contributed by atoms with Gasteiger partial charge in [0.25, 0.3) is 5.91 Å². The maximum Gasteiger partial charge on any atom is 0.365 e. The molecule has 0 spiro atoms. The van der Waals surface area contributed by atoms with E-state index in [1.165, 1.54) is 0 Å². The molecule has 1 unspecified atom stereocenters. The number of halogens is 1. The van der Waals surface area contributed by atoms with Gasteiger partial charge in [-0.2, -0.15) is 12.7 Å². The maximum atomic E-state index is 12.2. The molecule has 1 fully saturated rings. The Morgan fingerprint density at radius 2 is 1.92 bits per heavy atom. The molecular weight excluding hydrogens is 408 g/mol. The number of carbonyl (C=O) groups excluding carboxylic acids is 3. The predicted molar refractivity (Wildman–Crippen MR) is 84.0 cm³/mol. The number of esters is 1. The monoisotopic (exact) mass is 420 g/mol. The Kier molecular flexibility index (Phi) is 5.26. The fourth-order valence-electron chi connectivity index (χ4n) is 2.10. The zero-order chi connectivity index (χ0) is 18.1. The van der Waals surface area contributed by atoms with Crippen molar-refractivity contribution in [3.63, 3.8) is 0 Å².